The van der Waals surface area contributed by atoms with Crippen molar-refractivity contribution in [3.63, 3.8) is 0 Å². The molecule has 1 aliphatic heterocycles. The standard InChI is InChI=1S/C11H20O4S/c1-11(2)14-9(5-4-6-16-3)10(15-11)8(13)7-12/h4,6,8-10,12-13H,5,7H2,1-3H3/b6-4+/t8-,9+,10-/m1/s1. The van der Waals surface area contributed by atoms with E-state index in [1.165, 1.54) is 0 Å². The maximum absolute atomic E-state index is 9.63. The minimum absolute atomic E-state index is 0.208. The number of thioether (sulfide) groups is 1. The first-order valence-corrected chi connectivity index (χ1v) is 6.61. The number of hydrogen-bond acceptors (Lipinski definition) is 5. The fourth-order valence-corrected chi connectivity index (χ4v) is 2.06. The molecule has 0 bridgehead atoms. The third kappa shape index (κ3) is 3.75. The van der Waals surface area contributed by atoms with Gasteiger partial charge in [0.05, 0.1) is 12.7 Å². The molecule has 1 fully saturated rings. The molecule has 0 spiro atoms. The van der Waals surface area contributed by atoms with Crippen molar-refractivity contribution in [1.82, 2.24) is 0 Å². The number of ether oxygens (including phenoxy) is 2. The zero-order valence-electron chi connectivity index (χ0n) is 9.92. The molecule has 94 valence electrons. The maximum Gasteiger partial charge on any atom is 0.163 e. The zero-order chi connectivity index (χ0) is 12.2. The Morgan fingerprint density at radius 3 is 2.69 bits per heavy atom. The summed E-state index contributed by atoms with van der Waals surface area (Å²) in [6, 6.07) is 0. The lowest BCUT2D eigenvalue weighted by atomic mass is 10.1. The van der Waals surface area contributed by atoms with Crippen LogP contribution in [0.1, 0.15) is 20.3 Å². The van der Waals surface area contributed by atoms with Crippen molar-refractivity contribution in [2.45, 2.75) is 44.4 Å². The van der Waals surface area contributed by atoms with Crippen molar-refractivity contribution in [3.8, 4) is 0 Å². The molecule has 1 heterocycles. The van der Waals surface area contributed by atoms with E-state index in [4.69, 9.17) is 14.6 Å². The predicted molar refractivity (Wildman–Crippen MR) is 64.2 cm³/mol. The summed E-state index contributed by atoms with van der Waals surface area (Å²) in [4.78, 5) is 0. The average molecular weight is 248 g/mol. The van der Waals surface area contributed by atoms with Gasteiger partial charge in [0.15, 0.2) is 5.79 Å². The summed E-state index contributed by atoms with van der Waals surface area (Å²) in [6.07, 6.45) is 3.07. The van der Waals surface area contributed by atoms with Gasteiger partial charge in [0.2, 0.25) is 0 Å². The van der Waals surface area contributed by atoms with Crippen molar-refractivity contribution in [2.75, 3.05) is 12.9 Å². The monoisotopic (exact) mass is 248 g/mol. The molecule has 0 aromatic rings. The van der Waals surface area contributed by atoms with Gasteiger partial charge in [0, 0.05) is 0 Å². The van der Waals surface area contributed by atoms with Crippen molar-refractivity contribution in [1.29, 1.82) is 0 Å². The number of hydrogen-bond donors (Lipinski definition) is 2. The third-order valence-electron chi connectivity index (χ3n) is 2.39. The summed E-state index contributed by atoms with van der Waals surface area (Å²) in [5.41, 5.74) is 0. The van der Waals surface area contributed by atoms with E-state index in [0.717, 1.165) is 0 Å². The van der Waals surface area contributed by atoms with E-state index in [0.29, 0.717) is 6.42 Å². The van der Waals surface area contributed by atoms with E-state index in [1.807, 2.05) is 31.6 Å². The van der Waals surface area contributed by atoms with E-state index in [-0.39, 0.29) is 12.7 Å². The summed E-state index contributed by atoms with van der Waals surface area (Å²) in [7, 11) is 0. The van der Waals surface area contributed by atoms with Crippen LogP contribution in [0.4, 0.5) is 0 Å². The molecule has 0 radical (unpaired) electrons. The third-order valence-corrected chi connectivity index (χ3v) is 2.85. The minimum Gasteiger partial charge on any atom is -0.394 e. The molecule has 0 unspecified atom stereocenters. The van der Waals surface area contributed by atoms with E-state index in [9.17, 15) is 5.11 Å². The first-order chi connectivity index (χ1) is 7.50. The Kier molecular flexibility index (Phi) is 5.27. The fraction of sp³-hybridized carbons (Fsp3) is 0.818. The Morgan fingerprint density at radius 2 is 2.12 bits per heavy atom. The second-order valence-electron chi connectivity index (χ2n) is 4.23. The maximum atomic E-state index is 9.63. The van der Waals surface area contributed by atoms with E-state index in [2.05, 4.69) is 0 Å². The van der Waals surface area contributed by atoms with Crippen LogP contribution in [0.15, 0.2) is 11.5 Å². The van der Waals surface area contributed by atoms with Gasteiger partial charge in [-0.15, -0.1) is 11.8 Å². The first kappa shape index (κ1) is 14.0. The van der Waals surface area contributed by atoms with Crippen LogP contribution >= 0.6 is 11.8 Å². The lowest BCUT2D eigenvalue weighted by Crippen LogP contribution is -2.37. The van der Waals surface area contributed by atoms with Crippen LogP contribution in [0.25, 0.3) is 0 Å². The smallest absolute Gasteiger partial charge is 0.163 e. The second kappa shape index (κ2) is 6.02. The Bertz CT molecular complexity index is 242. The van der Waals surface area contributed by atoms with Crippen LogP contribution in [-0.2, 0) is 9.47 Å². The van der Waals surface area contributed by atoms with Crippen LogP contribution in [0.2, 0.25) is 0 Å². The Morgan fingerprint density at radius 1 is 1.44 bits per heavy atom. The first-order valence-electron chi connectivity index (χ1n) is 5.32. The molecular weight excluding hydrogens is 228 g/mol. The zero-order valence-corrected chi connectivity index (χ0v) is 10.7. The van der Waals surface area contributed by atoms with Gasteiger partial charge < -0.3 is 19.7 Å². The van der Waals surface area contributed by atoms with Crippen molar-refractivity contribution in [3.05, 3.63) is 11.5 Å². The highest BCUT2D eigenvalue weighted by atomic mass is 32.2. The van der Waals surface area contributed by atoms with Crippen molar-refractivity contribution >= 4 is 11.8 Å². The molecule has 3 atom stereocenters. The van der Waals surface area contributed by atoms with Gasteiger partial charge in [-0.1, -0.05) is 6.08 Å². The van der Waals surface area contributed by atoms with Gasteiger partial charge >= 0.3 is 0 Å². The van der Waals surface area contributed by atoms with Gasteiger partial charge in [-0.05, 0) is 31.9 Å². The van der Waals surface area contributed by atoms with Crippen LogP contribution in [-0.4, -0.2) is 47.2 Å². The van der Waals surface area contributed by atoms with Crippen LogP contribution < -0.4 is 0 Å². The molecule has 5 heteroatoms. The topological polar surface area (TPSA) is 58.9 Å². The van der Waals surface area contributed by atoms with Gasteiger partial charge in [-0.25, -0.2) is 0 Å². The summed E-state index contributed by atoms with van der Waals surface area (Å²) in [6.45, 7) is 3.30. The SMILES string of the molecule is CS/C=C/C[C@@H]1OC(C)(C)O[C@@H]1[C@H](O)CO. The highest BCUT2D eigenvalue weighted by Gasteiger charge is 2.43. The van der Waals surface area contributed by atoms with E-state index >= 15 is 0 Å². The average Bonchev–Trinajstić information content (AvgIpc) is 2.53. The normalized spacial score (nSPS) is 31.1. The summed E-state index contributed by atoms with van der Waals surface area (Å²) >= 11 is 1.61. The molecule has 16 heavy (non-hydrogen) atoms. The molecule has 1 aliphatic rings. The molecule has 1 saturated heterocycles. The van der Waals surface area contributed by atoms with Gasteiger partial charge in [-0.2, -0.15) is 0 Å². The van der Waals surface area contributed by atoms with Gasteiger partial charge in [0.1, 0.15) is 12.2 Å². The Balaban J connectivity index is 2.61. The minimum atomic E-state index is -0.894. The number of aliphatic hydroxyl groups is 2. The molecule has 2 N–H and O–H groups in total. The fourth-order valence-electron chi connectivity index (χ4n) is 1.76. The van der Waals surface area contributed by atoms with Crippen molar-refractivity contribution in [2.24, 2.45) is 0 Å². The van der Waals surface area contributed by atoms with Crippen molar-refractivity contribution < 1.29 is 19.7 Å². The summed E-state index contributed by atoms with van der Waals surface area (Å²) in [5, 5.41) is 20.5. The summed E-state index contributed by atoms with van der Waals surface area (Å²) in [5.74, 6) is -0.696. The number of rotatable bonds is 5. The van der Waals surface area contributed by atoms with E-state index in [1.54, 1.807) is 11.8 Å². The van der Waals surface area contributed by atoms with Crippen LogP contribution in [0.3, 0.4) is 0 Å². The second-order valence-corrected chi connectivity index (χ2v) is 4.98. The highest BCUT2D eigenvalue weighted by molar-refractivity contribution is 8.01. The number of aliphatic hydroxyl groups excluding tert-OH is 2. The molecule has 4 nitrogen and oxygen atoms in total. The molecule has 0 aromatic heterocycles. The molecule has 0 aliphatic carbocycles. The van der Waals surface area contributed by atoms with Gasteiger partial charge in [0.25, 0.3) is 0 Å². The lowest BCUT2D eigenvalue weighted by Gasteiger charge is -2.20. The highest BCUT2D eigenvalue weighted by Crippen LogP contribution is 2.31. The van der Waals surface area contributed by atoms with E-state index < -0.39 is 18.0 Å². The largest absolute Gasteiger partial charge is 0.394 e. The quantitative estimate of drug-likeness (QED) is 0.763. The molecule has 0 aromatic carbocycles. The molecular formula is C11H20O4S. The van der Waals surface area contributed by atoms with Crippen LogP contribution in [0.5, 0.6) is 0 Å². The lowest BCUT2D eigenvalue weighted by molar-refractivity contribution is -0.157. The molecule has 1 rings (SSSR count). The molecule has 0 amide bonds. The van der Waals surface area contributed by atoms with Gasteiger partial charge in [-0.3, -0.25) is 0 Å². The summed E-state index contributed by atoms with van der Waals surface area (Å²) < 4.78 is 11.2. The molecule has 0 saturated carbocycles. The Labute approximate surface area is 101 Å². The predicted octanol–water partition coefficient (Wildman–Crippen LogP) is 1.13. The Hall–Kier alpha value is -0.0700. The van der Waals surface area contributed by atoms with Crippen LogP contribution in [0, 0.1) is 0 Å².